The van der Waals surface area contributed by atoms with Crippen LogP contribution in [-0.4, -0.2) is 36.8 Å². The van der Waals surface area contributed by atoms with Crippen LogP contribution < -0.4 is 9.47 Å². The predicted molar refractivity (Wildman–Crippen MR) is 126 cm³/mol. The summed E-state index contributed by atoms with van der Waals surface area (Å²) in [6.07, 6.45) is 6.93. The zero-order valence-corrected chi connectivity index (χ0v) is 18.6. The molecule has 3 heterocycles. The van der Waals surface area contributed by atoms with Crippen LogP contribution in [0.1, 0.15) is 35.4 Å². The van der Waals surface area contributed by atoms with Gasteiger partial charge in [0, 0.05) is 43.7 Å². The molecule has 0 atom stereocenters. The van der Waals surface area contributed by atoms with Crippen LogP contribution in [0.5, 0.6) is 11.5 Å². The monoisotopic (exact) mass is 428 g/mol. The number of nitrogens with zero attached hydrogens (tertiary/aromatic N) is 2. The summed E-state index contributed by atoms with van der Waals surface area (Å²) >= 11 is 0. The first kappa shape index (κ1) is 20.6. The molecule has 0 radical (unpaired) electrons. The molecule has 0 unspecified atom stereocenters. The maximum Gasteiger partial charge on any atom is 0.140 e. The Bertz CT molecular complexity index is 1210. The maximum absolute atomic E-state index is 5.63. The molecule has 2 aromatic heterocycles. The van der Waals surface area contributed by atoms with Crippen molar-refractivity contribution in [2.24, 2.45) is 0 Å². The molecule has 0 amide bonds. The van der Waals surface area contributed by atoms with E-state index in [1.165, 1.54) is 16.7 Å². The van der Waals surface area contributed by atoms with Crippen LogP contribution in [0, 0.1) is 0 Å². The fraction of sp³-hybridized carbons (Fsp3) is 0.296. The van der Waals surface area contributed by atoms with Gasteiger partial charge in [-0.25, -0.2) is 4.98 Å². The fourth-order valence-corrected chi connectivity index (χ4v) is 4.60. The number of fused-ring (bicyclic) bond motifs is 1. The second-order valence-corrected chi connectivity index (χ2v) is 8.24. The number of ether oxygens (including phenoxy) is 3. The Morgan fingerprint density at radius 2 is 1.78 bits per heavy atom. The standard InChI is InChI=1S/C27H28N2O3/c1-30-23-8-9-24(26(18-23)31-2)25-10-7-22(27-28-13-14-29(25)27)17-19-3-5-20(6-4-19)21-11-15-32-16-12-21/h3-10,13-14,18,21H,11-12,15-17H2,1-2H3. The van der Waals surface area contributed by atoms with Gasteiger partial charge in [0.1, 0.15) is 17.1 Å². The van der Waals surface area contributed by atoms with Crippen LogP contribution in [0.4, 0.5) is 0 Å². The Labute approximate surface area is 188 Å². The molecule has 32 heavy (non-hydrogen) atoms. The molecular weight excluding hydrogens is 400 g/mol. The van der Waals surface area contributed by atoms with Crippen molar-refractivity contribution in [3.63, 3.8) is 0 Å². The summed E-state index contributed by atoms with van der Waals surface area (Å²) in [4.78, 5) is 4.66. The minimum atomic E-state index is 0.621. The topological polar surface area (TPSA) is 45.0 Å². The molecule has 1 aliphatic heterocycles. The SMILES string of the molecule is COc1ccc(-c2ccc(Cc3ccc(C4CCOCC4)cc3)c3nccn23)c(OC)c1. The van der Waals surface area contributed by atoms with Gasteiger partial charge in [-0.15, -0.1) is 0 Å². The molecular formula is C27H28N2O3. The first-order chi connectivity index (χ1) is 15.8. The van der Waals surface area contributed by atoms with Crippen molar-refractivity contribution in [1.29, 1.82) is 0 Å². The number of rotatable bonds is 6. The third-order valence-corrected chi connectivity index (χ3v) is 6.38. The summed E-state index contributed by atoms with van der Waals surface area (Å²) in [5.41, 5.74) is 6.92. The van der Waals surface area contributed by atoms with Gasteiger partial charge in [0.05, 0.1) is 19.9 Å². The highest BCUT2D eigenvalue weighted by atomic mass is 16.5. The normalized spacial score (nSPS) is 14.6. The lowest BCUT2D eigenvalue weighted by Crippen LogP contribution is -2.13. The number of pyridine rings is 1. The third-order valence-electron chi connectivity index (χ3n) is 6.38. The first-order valence-electron chi connectivity index (χ1n) is 11.1. The second kappa shape index (κ2) is 9.05. The van der Waals surface area contributed by atoms with Crippen LogP contribution in [0.15, 0.2) is 67.0 Å². The van der Waals surface area contributed by atoms with E-state index in [1.54, 1.807) is 14.2 Å². The van der Waals surface area contributed by atoms with Gasteiger partial charge in [0.2, 0.25) is 0 Å². The largest absolute Gasteiger partial charge is 0.497 e. The van der Waals surface area contributed by atoms with E-state index < -0.39 is 0 Å². The summed E-state index contributed by atoms with van der Waals surface area (Å²) in [7, 11) is 3.34. The summed E-state index contributed by atoms with van der Waals surface area (Å²) in [6, 6.07) is 19.3. The number of hydrogen-bond acceptors (Lipinski definition) is 4. The first-order valence-corrected chi connectivity index (χ1v) is 11.1. The van der Waals surface area contributed by atoms with Gasteiger partial charge in [-0.2, -0.15) is 0 Å². The Hall–Kier alpha value is -3.31. The molecule has 0 saturated carbocycles. The molecule has 0 aliphatic carbocycles. The number of imidazole rings is 1. The number of aromatic nitrogens is 2. The quantitative estimate of drug-likeness (QED) is 0.407. The molecule has 1 aliphatic rings. The highest BCUT2D eigenvalue weighted by Crippen LogP contribution is 2.34. The Morgan fingerprint density at radius 1 is 0.969 bits per heavy atom. The molecule has 164 valence electrons. The van der Waals surface area contributed by atoms with E-state index in [-0.39, 0.29) is 0 Å². The van der Waals surface area contributed by atoms with E-state index >= 15 is 0 Å². The molecule has 0 spiro atoms. The van der Waals surface area contributed by atoms with E-state index in [1.807, 2.05) is 30.6 Å². The lowest BCUT2D eigenvalue weighted by atomic mass is 9.90. The van der Waals surface area contributed by atoms with Crippen LogP contribution in [-0.2, 0) is 11.2 Å². The Balaban J connectivity index is 1.44. The smallest absolute Gasteiger partial charge is 0.140 e. The van der Waals surface area contributed by atoms with Gasteiger partial charge in [0.15, 0.2) is 0 Å². The molecule has 0 bridgehead atoms. The third kappa shape index (κ3) is 3.96. The summed E-state index contributed by atoms with van der Waals surface area (Å²) in [5, 5.41) is 0. The van der Waals surface area contributed by atoms with Crippen LogP contribution >= 0.6 is 0 Å². The fourth-order valence-electron chi connectivity index (χ4n) is 4.60. The molecule has 5 rings (SSSR count). The van der Waals surface area contributed by atoms with Crippen LogP contribution in [0.25, 0.3) is 16.9 Å². The number of methoxy groups -OCH3 is 2. The van der Waals surface area contributed by atoms with Gasteiger partial charge in [-0.3, -0.25) is 4.40 Å². The van der Waals surface area contributed by atoms with Gasteiger partial charge in [-0.05, 0) is 53.6 Å². The van der Waals surface area contributed by atoms with E-state index in [0.717, 1.165) is 60.9 Å². The maximum atomic E-state index is 5.63. The lowest BCUT2D eigenvalue weighted by Gasteiger charge is -2.22. The average Bonchev–Trinajstić information content (AvgIpc) is 3.35. The molecule has 5 nitrogen and oxygen atoms in total. The molecule has 2 aromatic carbocycles. The average molecular weight is 429 g/mol. The van der Waals surface area contributed by atoms with E-state index in [4.69, 9.17) is 14.2 Å². The predicted octanol–water partition coefficient (Wildman–Crippen LogP) is 5.50. The highest BCUT2D eigenvalue weighted by Gasteiger charge is 2.16. The van der Waals surface area contributed by atoms with E-state index in [0.29, 0.717) is 5.92 Å². The Morgan fingerprint density at radius 3 is 2.53 bits per heavy atom. The highest BCUT2D eigenvalue weighted by molar-refractivity contribution is 5.72. The summed E-state index contributed by atoms with van der Waals surface area (Å²) in [5.74, 6) is 2.17. The van der Waals surface area contributed by atoms with Crippen molar-refractivity contribution in [3.05, 3.63) is 83.7 Å². The van der Waals surface area contributed by atoms with Crippen molar-refractivity contribution in [1.82, 2.24) is 9.38 Å². The molecule has 1 saturated heterocycles. The minimum absolute atomic E-state index is 0.621. The lowest BCUT2D eigenvalue weighted by molar-refractivity contribution is 0.0853. The van der Waals surface area contributed by atoms with Crippen LogP contribution in [0.2, 0.25) is 0 Å². The van der Waals surface area contributed by atoms with Gasteiger partial charge in [-0.1, -0.05) is 30.3 Å². The van der Waals surface area contributed by atoms with Crippen molar-refractivity contribution in [2.45, 2.75) is 25.2 Å². The van der Waals surface area contributed by atoms with Crippen LogP contribution in [0.3, 0.4) is 0 Å². The van der Waals surface area contributed by atoms with Crippen molar-refractivity contribution in [2.75, 3.05) is 27.4 Å². The molecule has 4 aromatic rings. The van der Waals surface area contributed by atoms with E-state index in [9.17, 15) is 0 Å². The number of benzene rings is 2. The second-order valence-electron chi connectivity index (χ2n) is 8.24. The molecule has 0 N–H and O–H groups in total. The van der Waals surface area contributed by atoms with Gasteiger partial charge >= 0.3 is 0 Å². The van der Waals surface area contributed by atoms with Gasteiger partial charge in [0.25, 0.3) is 0 Å². The van der Waals surface area contributed by atoms with E-state index in [2.05, 4.69) is 45.8 Å². The van der Waals surface area contributed by atoms with Crippen molar-refractivity contribution in [3.8, 4) is 22.8 Å². The van der Waals surface area contributed by atoms with Crippen molar-refractivity contribution < 1.29 is 14.2 Å². The number of hydrogen-bond donors (Lipinski definition) is 0. The zero-order chi connectivity index (χ0) is 21.9. The van der Waals surface area contributed by atoms with Crippen molar-refractivity contribution >= 4 is 5.65 Å². The molecule has 1 fully saturated rings. The minimum Gasteiger partial charge on any atom is -0.497 e. The Kier molecular flexibility index (Phi) is 5.82. The summed E-state index contributed by atoms with van der Waals surface area (Å²) < 4.78 is 18.6. The molecule has 5 heteroatoms. The summed E-state index contributed by atoms with van der Waals surface area (Å²) in [6.45, 7) is 1.74. The zero-order valence-electron chi connectivity index (χ0n) is 18.6. The van der Waals surface area contributed by atoms with Gasteiger partial charge < -0.3 is 14.2 Å².